The van der Waals surface area contributed by atoms with Crippen LogP contribution >= 0.6 is 23.2 Å². The van der Waals surface area contributed by atoms with Gasteiger partial charge in [0.2, 0.25) is 0 Å². The lowest BCUT2D eigenvalue weighted by Gasteiger charge is -1.98. The van der Waals surface area contributed by atoms with Gasteiger partial charge in [-0.3, -0.25) is 0 Å². The Morgan fingerprint density at radius 3 is 0.786 bits per heavy atom. The molecular weight excluding hydrogens is 257 g/mol. The van der Waals surface area contributed by atoms with Crippen LogP contribution in [-0.4, -0.2) is 12.4 Å². The highest BCUT2D eigenvalue weighted by atomic mass is 35.5. The first-order valence-corrected chi connectivity index (χ1v) is 3.47. The minimum absolute atomic E-state index is 1.28. The smallest absolute Gasteiger partial charge is 0.165 e. The molecule has 0 fully saturated rings. The van der Waals surface area contributed by atoms with Gasteiger partial charge in [0.1, 0.15) is 10.1 Å². The molecule has 0 aromatic rings. The van der Waals surface area contributed by atoms with E-state index in [1.54, 1.807) is 0 Å². The molecule has 0 saturated carbocycles. The Kier molecular flexibility index (Phi) is 6.32. The van der Waals surface area contributed by atoms with E-state index in [9.17, 15) is 26.3 Å². The van der Waals surface area contributed by atoms with Crippen LogP contribution in [0.3, 0.4) is 0 Å². The molecule has 14 heavy (non-hydrogen) atoms. The average Bonchev–Trinajstić information content (AvgIpc) is 1.83. The molecule has 8 heteroatoms. The molecule has 0 aliphatic heterocycles. The monoisotopic (exact) mass is 260 g/mol. The molecule has 0 spiro atoms. The van der Waals surface area contributed by atoms with Crippen LogP contribution in [0.2, 0.25) is 0 Å². The van der Waals surface area contributed by atoms with Gasteiger partial charge in [-0.2, -0.15) is 26.3 Å². The van der Waals surface area contributed by atoms with Crippen LogP contribution in [0, 0.1) is 0 Å². The predicted octanol–water partition coefficient (Wildman–Crippen LogP) is 4.60. The van der Waals surface area contributed by atoms with E-state index in [1.807, 2.05) is 0 Å². The van der Waals surface area contributed by atoms with Gasteiger partial charge >= 0.3 is 12.4 Å². The number of halogens is 8. The topological polar surface area (TPSA) is 0 Å². The van der Waals surface area contributed by atoms with Crippen molar-refractivity contribution in [1.29, 1.82) is 0 Å². The minimum atomic E-state index is -4.43. The number of alkyl halides is 6. The van der Waals surface area contributed by atoms with Crippen molar-refractivity contribution in [2.45, 2.75) is 12.4 Å². The first kappa shape index (κ1) is 16.1. The van der Waals surface area contributed by atoms with Crippen LogP contribution in [0.4, 0.5) is 26.3 Å². The third kappa shape index (κ3) is 9.73. The molecule has 0 N–H and O–H groups in total. The van der Waals surface area contributed by atoms with Crippen molar-refractivity contribution in [1.82, 2.24) is 0 Å². The fraction of sp³-hybridized carbons (Fsp3) is 0.333. The molecular formula is C6H4Cl2F6. The number of rotatable bonds is 0. The van der Waals surface area contributed by atoms with Crippen LogP contribution in [0.15, 0.2) is 23.2 Å². The summed E-state index contributed by atoms with van der Waals surface area (Å²) < 4.78 is 65.7. The minimum Gasteiger partial charge on any atom is -0.165 e. The van der Waals surface area contributed by atoms with Crippen molar-refractivity contribution in [3.63, 3.8) is 0 Å². The van der Waals surface area contributed by atoms with Crippen LogP contribution < -0.4 is 0 Å². The van der Waals surface area contributed by atoms with E-state index in [2.05, 4.69) is 36.4 Å². The molecule has 0 aromatic carbocycles. The van der Waals surface area contributed by atoms with Gasteiger partial charge in [-0.1, -0.05) is 36.4 Å². The fourth-order valence-corrected chi connectivity index (χ4v) is 0. The van der Waals surface area contributed by atoms with Crippen molar-refractivity contribution in [3.05, 3.63) is 23.2 Å². The second kappa shape index (κ2) is 5.50. The highest BCUT2D eigenvalue weighted by molar-refractivity contribution is 6.30. The molecule has 0 aromatic heterocycles. The van der Waals surface area contributed by atoms with E-state index >= 15 is 0 Å². The maximum Gasteiger partial charge on any atom is 0.426 e. The van der Waals surface area contributed by atoms with Gasteiger partial charge in [0.15, 0.2) is 0 Å². The first-order valence-electron chi connectivity index (χ1n) is 2.72. The first-order chi connectivity index (χ1) is 5.89. The summed E-state index contributed by atoms with van der Waals surface area (Å²) >= 11 is 8.87. The molecule has 0 rings (SSSR count). The average molecular weight is 261 g/mol. The largest absolute Gasteiger partial charge is 0.426 e. The SMILES string of the molecule is C=C(Cl)C(F)(F)F.C=C(Cl)C(F)(F)F. The van der Waals surface area contributed by atoms with Crippen LogP contribution in [0.25, 0.3) is 0 Å². The Balaban J connectivity index is 0. The molecule has 0 heterocycles. The highest BCUT2D eigenvalue weighted by Crippen LogP contribution is 2.26. The summed E-state index contributed by atoms with van der Waals surface area (Å²) in [5, 5.41) is -2.57. The molecule has 0 atom stereocenters. The molecule has 0 amide bonds. The summed E-state index contributed by atoms with van der Waals surface area (Å²) in [6, 6.07) is 0. The standard InChI is InChI=1S/2C3H2ClF3/c2*1-2(4)3(5,6)7/h2*1H2. The van der Waals surface area contributed by atoms with E-state index in [0.29, 0.717) is 0 Å². The van der Waals surface area contributed by atoms with Crippen molar-refractivity contribution >= 4 is 23.2 Å². The summed E-state index contributed by atoms with van der Waals surface area (Å²) in [6.07, 6.45) is -8.86. The van der Waals surface area contributed by atoms with Gasteiger partial charge in [0.05, 0.1) is 0 Å². The van der Waals surface area contributed by atoms with Crippen LogP contribution in [-0.2, 0) is 0 Å². The Morgan fingerprint density at radius 1 is 0.714 bits per heavy atom. The van der Waals surface area contributed by atoms with E-state index in [4.69, 9.17) is 0 Å². The van der Waals surface area contributed by atoms with Gasteiger partial charge in [0.25, 0.3) is 0 Å². The van der Waals surface area contributed by atoms with Crippen molar-refractivity contribution in [3.8, 4) is 0 Å². The zero-order valence-corrected chi connectivity index (χ0v) is 7.95. The zero-order valence-electron chi connectivity index (χ0n) is 6.44. The van der Waals surface area contributed by atoms with Gasteiger partial charge in [-0.15, -0.1) is 0 Å². The van der Waals surface area contributed by atoms with Crippen molar-refractivity contribution < 1.29 is 26.3 Å². The molecule has 0 aliphatic rings. The number of hydrogen-bond donors (Lipinski definition) is 0. The lowest BCUT2D eigenvalue weighted by Crippen LogP contribution is -2.04. The highest BCUT2D eigenvalue weighted by Gasteiger charge is 2.30. The number of allylic oxidation sites excluding steroid dienone is 2. The Bertz CT molecular complexity index is 189. The van der Waals surface area contributed by atoms with Crippen molar-refractivity contribution in [2.75, 3.05) is 0 Å². The fourth-order valence-electron chi connectivity index (χ4n) is 0. The lowest BCUT2D eigenvalue weighted by molar-refractivity contribution is -0.0850. The summed E-state index contributed by atoms with van der Waals surface area (Å²) in [6.45, 7) is 4.93. The Hall–Kier alpha value is -0.360. The molecule has 0 nitrogen and oxygen atoms in total. The van der Waals surface area contributed by atoms with Gasteiger partial charge in [-0.25, -0.2) is 0 Å². The molecule has 0 saturated heterocycles. The Labute approximate surface area is 85.8 Å². The molecule has 0 radical (unpaired) electrons. The Morgan fingerprint density at radius 2 is 0.786 bits per heavy atom. The number of hydrogen-bond acceptors (Lipinski definition) is 0. The van der Waals surface area contributed by atoms with E-state index in [-0.39, 0.29) is 0 Å². The third-order valence-corrected chi connectivity index (χ3v) is 1.04. The molecule has 84 valence electrons. The zero-order chi connectivity index (χ0) is 12.2. The molecule has 0 aliphatic carbocycles. The van der Waals surface area contributed by atoms with Gasteiger partial charge in [0, 0.05) is 0 Å². The molecule has 0 unspecified atom stereocenters. The second-order valence-electron chi connectivity index (χ2n) is 1.81. The van der Waals surface area contributed by atoms with Crippen LogP contribution in [0.1, 0.15) is 0 Å². The van der Waals surface area contributed by atoms with Crippen molar-refractivity contribution in [2.24, 2.45) is 0 Å². The maximum atomic E-state index is 10.9. The summed E-state index contributed by atoms with van der Waals surface area (Å²) in [5.41, 5.74) is 0. The van der Waals surface area contributed by atoms with E-state index < -0.39 is 22.4 Å². The van der Waals surface area contributed by atoms with E-state index in [0.717, 1.165) is 0 Å². The predicted molar refractivity (Wildman–Crippen MR) is 42.1 cm³/mol. The third-order valence-electron chi connectivity index (χ3n) is 0.615. The van der Waals surface area contributed by atoms with Gasteiger partial charge < -0.3 is 0 Å². The van der Waals surface area contributed by atoms with Gasteiger partial charge in [-0.05, 0) is 0 Å². The summed E-state index contributed by atoms with van der Waals surface area (Å²) in [4.78, 5) is 0. The maximum absolute atomic E-state index is 10.9. The lowest BCUT2D eigenvalue weighted by atomic mass is 10.6. The van der Waals surface area contributed by atoms with E-state index in [1.165, 1.54) is 0 Å². The second-order valence-corrected chi connectivity index (χ2v) is 2.72. The van der Waals surface area contributed by atoms with Crippen LogP contribution in [0.5, 0.6) is 0 Å². The summed E-state index contributed by atoms with van der Waals surface area (Å²) in [7, 11) is 0. The normalized spacial score (nSPS) is 11.4. The molecule has 0 bridgehead atoms. The summed E-state index contributed by atoms with van der Waals surface area (Å²) in [5.74, 6) is 0. The quantitative estimate of drug-likeness (QED) is 0.559.